The molecule has 1 atom stereocenters. The van der Waals surface area contributed by atoms with Gasteiger partial charge in [0.1, 0.15) is 5.75 Å². The summed E-state index contributed by atoms with van der Waals surface area (Å²) in [5.41, 5.74) is 2.20. The molecule has 37 heavy (non-hydrogen) atoms. The summed E-state index contributed by atoms with van der Waals surface area (Å²) in [6.45, 7) is 2.03. The van der Waals surface area contributed by atoms with Crippen LogP contribution in [-0.4, -0.2) is 70.4 Å². The lowest BCUT2D eigenvalue weighted by molar-refractivity contribution is -0.142. The van der Waals surface area contributed by atoms with E-state index in [1.54, 1.807) is 26.6 Å². The van der Waals surface area contributed by atoms with Crippen LogP contribution in [-0.2, 0) is 9.53 Å². The topological polar surface area (TPSA) is 89.8 Å². The standard InChI is InChI=1S/C28H25N5O4/c34-27(31-15-17-36-18-16-31)24-19-32(22-13-7-8-14-23(22)37-24)28(35)25-29-26(20-9-3-1-4-10-20)33(30-25)21-11-5-2-6-12-21/h1-14,24H,15-19H2/t24-/m0/s1. The maximum Gasteiger partial charge on any atom is 0.298 e. The average molecular weight is 496 g/mol. The second-order valence-electron chi connectivity index (χ2n) is 8.80. The van der Waals surface area contributed by atoms with E-state index < -0.39 is 12.0 Å². The SMILES string of the molecule is O=C([C@@H]1CN(C(=O)c2nc(-c3ccccc3)n(-c3ccccc3)n2)c2ccccc2O1)N1CCOCC1. The third-order valence-electron chi connectivity index (χ3n) is 6.45. The molecule has 0 unspecified atom stereocenters. The summed E-state index contributed by atoms with van der Waals surface area (Å²) in [5.74, 6) is 0.500. The van der Waals surface area contributed by atoms with Crippen molar-refractivity contribution in [2.24, 2.45) is 0 Å². The summed E-state index contributed by atoms with van der Waals surface area (Å²) in [4.78, 5) is 35.1. The number of nitrogens with zero attached hydrogens (tertiary/aromatic N) is 5. The van der Waals surface area contributed by atoms with Gasteiger partial charge in [-0.05, 0) is 24.3 Å². The molecule has 1 fully saturated rings. The first-order valence-corrected chi connectivity index (χ1v) is 12.2. The molecule has 3 heterocycles. The Hall–Kier alpha value is -4.50. The van der Waals surface area contributed by atoms with Crippen LogP contribution in [0.5, 0.6) is 5.75 Å². The largest absolute Gasteiger partial charge is 0.476 e. The summed E-state index contributed by atoms with van der Waals surface area (Å²) in [6, 6.07) is 26.4. The van der Waals surface area contributed by atoms with Gasteiger partial charge in [0, 0.05) is 18.7 Å². The van der Waals surface area contributed by atoms with Crippen LogP contribution in [0.15, 0.2) is 84.9 Å². The van der Waals surface area contributed by atoms with Gasteiger partial charge < -0.3 is 14.4 Å². The van der Waals surface area contributed by atoms with E-state index in [0.717, 1.165) is 11.3 Å². The second kappa shape index (κ2) is 9.87. The summed E-state index contributed by atoms with van der Waals surface area (Å²) >= 11 is 0. The third kappa shape index (κ3) is 4.45. The number of rotatable bonds is 4. The molecular formula is C28H25N5O4. The number of amides is 2. The van der Waals surface area contributed by atoms with E-state index in [4.69, 9.17) is 9.47 Å². The number of carbonyl (C=O) groups excluding carboxylic acids is 2. The molecule has 4 aromatic rings. The predicted molar refractivity (Wildman–Crippen MR) is 137 cm³/mol. The van der Waals surface area contributed by atoms with E-state index in [1.807, 2.05) is 72.8 Å². The molecular weight excluding hydrogens is 470 g/mol. The van der Waals surface area contributed by atoms with Crippen molar-refractivity contribution >= 4 is 17.5 Å². The van der Waals surface area contributed by atoms with Crippen LogP contribution in [0.4, 0.5) is 5.69 Å². The van der Waals surface area contributed by atoms with Crippen molar-refractivity contribution in [1.29, 1.82) is 0 Å². The van der Waals surface area contributed by atoms with E-state index >= 15 is 0 Å². The number of fused-ring (bicyclic) bond motifs is 1. The molecule has 0 saturated carbocycles. The molecule has 1 saturated heterocycles. The molecule has 0 radical (unpaired) electrons. The van der Waals surface area contributed by atoms with E-state index in [-0.39, 0.29) is 18.3 Å². The number of hydrogen-bond acceptors (Lipinski definition) is 6. The Kier molecular flexibility index (Phi) is 6.11. The first-order valence-electron chi connectivity index (χ1n) is 12.2. The Morgan fingerprint density at radius 1 is 0.838 bits per heavy atom. The molecule has 9 heteroatoms. The van der Waals surface area contributed by atoms with Gasteiger partial charge >= 0.3 is 0 Å². The molecule has 2 aliphatic heterocycles. The number of ether oxygens (including phenoxy) is 2. The van der Waals surface area contributed by atoms with Crippen LogP contribution in [0.2, 0.25) is 0 Å². The maximum atomic E-state index is 13.9. The zero-order valence-corrected chi connectivity index (χ0v) is 20.1. The van der Waals surface area contributed by atoms with Crippen molar-refractivity contribution in [3.8, 4) is 22.8 Å². The first-order chi connectivity index (χ1) is 18.2. The van der Waals surface area contributed by atoms with Gasteiger partial charge in [0.2, 0.25) is 5.82 Å². The fraction of sp³-hybridized carbons (Fsp3) is 0.214. The number of benzene rings is 3. The normalized spacial score (nSPS) is 17.1. The molecule has 0 aliphatic carbocycles. The number of morpholine rings is 1. The van der Waals surface area contributed by atoms with Gasteiger partial charge in [0.25, 0.3) is 11.8 Å². The summed E-state index contributed by atoms with van der Waals surface area (Å²) in [7, 11) is 0. The Bertz CT molecular complexity index is 1360. The van der Waals surface area contributed by atoms with E-state index in [9.17, 15) is 9.59 Å². The van der Waals surface area contributed by atoms with E-state index in [2.05, 4.69) is 10.1 Å². The number of hydrogen-bond donors (Lipinski definition) is 0. The van der Waals surface area contributed by atoms with Gasteiger partial charge in [0.15, 0.2) is 11.9 Å². The Balaban J connectivity index is 1.37. The van der Waals surface area contributed by atoms with Crippen LogP contribution in [0.25, 0.3) is 17.1 Å². The van der Waals surface area contributed by atoms with Crippen molar-refractivity contribution in [2.75, 3.05) is 37.7 Å². The van der Waals surface area contributed by atoms with Gasteiger partial charge in [-0.25, -0.2) is 9.67 Å². The summed E-state index contributed by atoms with van der Waals surface area (Å²) < 4.78 is 13.1. The third-order valence-corrected chi connectivity index (χ3v) is 6.45. The zero-order chi connectivity index (χ0) is 25.2. The van der Waals surface area contributed by atoms with Gasteiger partial charge in [0.05, 0.1) is 31.1 Å². The minimum absolute atomic E-state index is 0.0389. The van der Waals surface area contributed by atoms with Crippen LogP contribution in [0, 0.1) is 0 Å². The van der Waals surface area contributed by atoms with E-state index in [1.165, 1.54) is 0 Å². The Labute approximate surface area is 213 Å². The predicted octanol–water partition coefficient (Wildman–Crippen LogP) is 3.20. The molecule has 0 spiro atoms. The lowest BCUT2D eigenvalue weighted by Gasteiger charge is -2.36. The lowest BCUT2D eigenvalue weighted by atomic mass is 10.1. The molecule has 186 valence electrons. The highest BCUT2D eigenvalue weighted by Crippen LogP contribution is 2.34. The fourth-order valence-corrected chi connectivity index (χ4v) is 4.59. The molecule has 1 aromatic heterocycles. The minimum atomic E-state index is -0.832. The number of aromatic nitrogens is 3. The maximum absolute atomic E-state index is 13.9. The lowest BCUT2D eigenvalue weighted by Crippen LogP contribution is -2.54. The summed E-state index contributed by atoms with van der Waals surface area (Å²) in [5, 5.41) is 4.63. The highest BCUT2D eigenvalue weighted by molar-refractivity contribution is 6.06. The highest BCUT2D eigenvalue weighted by Gasteiger charge is 2.38. The van der Waals surface area contributed by atoms with E-state index in [0.29, 0.717) is 43.6 Å². The van der Waals surface area contributed by atoms with Crippen molar-refractivity contribution in [3.05, 3.63) is 90.8 Å². The molecule has 2 amide bonds. The van der Waals surface area contributed by atoms with Gasteiger partial charge in [-0.15, -0.1) is 5.10 Å². The zero-order valence-electron chi connectivity index (χ0n) is 20.1. The molecule has 3 aromatic carbocycles. The minimum Gasteiger partial charge on any atom is -0.476 e. The second-order valence-corrected chi connectivity index (χ2v) is 8.80. The van der Waals surface area contributed by atoms with Crippen molar-refractivity contribution in [2.45, 2.75) is 6.10 Å². The molecule has 0 bridgehead atoms. The molecule has 9 nitrogen and oxygen atoms in total. The van der Waals surface area contributed by atoms with Crippen LogP contribution in [0.3, 0.4) is 0 Å². The van der Waals surface area contributed by atoms with Crippen LogP contribution < -0.4 is 9.64 Å². The fourth-order valence-electron chi connectivity index (χ4n) is 4.59. The average Bonchev–Trinajstić information content (AvgIpc) is 3.43. The monoisotopic (exact) mass is 495 g/mol. The quantitative estimate of drug-likeness (QED) is 0.432. The number of para-hydroxylation sites is 3. The number of carbonyl (C=O) groups is 2. The number of anilines is 1. The molecule has 6 rings (SSSR count). The summed E-state index contributed by atoms with van der Waals surface area (Å²) in [6.07, 6.45) is -0.832. The Morgan fingerprint density at radius 3 is 2.27 bits per heavy atom. The van der Waals surface area contributed by atoms with Gasteiger partial charge in [-0.3, -0.25) is 14.5 Å². The van der Waals surface area contributed by atoms with Crippen molar-refractivity contribution in [1.82, 2.24) is 19.7 Å². The van der Waals surface area contributed by atoms with Gasteiger partial charge in [-0.2, -0.15) is 0 Å². The van der Waals surface area contributed by atoms with Crippen molar-refractivity contribution < 1.29 is 19.1 Å². The molecule has 2 aliphatic rings. The molecule has 0 N–H and O–H groups in total. The highest BCUT2D eigenvalue weighted by atomic mass is 16.5. The van der Waals surface area contributed by atoms with Gasteiger partial charge in [-0.1, -0.05) is 60.7 Å². The smallest absolute Gasteiger partial charge is 0.298 e. The first kappa shape index (κ1) is 22.9. The Morgan fingerprint density at radius 2 is 1.51 bits per heavy atom. The van der Waals surface area contributed by atoms with Crippen LogP contribution in [0.1, 0.15) is 10.6 Å². The van der Waals surface area contributed by atoms with Crippen molar-refractivity contribution in [3.63, 3.8) is 0 Å². The van der Waals surface area contributed by atoms with Crippen LogP contribution >= 0.6 is 0 Å².